The van der Waals surface area contributed by atoms with Crippen molar-refractivity contribution in [2.45, 2.75) is 46.3 Å². The number of ether oxygens (including phenoxy) is 1. The largest absolute Gasteiger partial charge is 0.493 e. The van der Waals surface area contributed by atoms with E-state index in [2.05, 4.69) is 25.9 Å². The molecule has 1 aromatic heterocycles. The van der Waals surface area contributed by atoms with Gasteiger partial charge in [-0.3, -0.25) is 4.68 Å². The summed E-state index contributed by atoms with van der Waals surface area (Å²) in [7, 11) is 1.63. The summed E-state index contributed by atoms with van der Waals surface area (Å²) in [6.07, 6.45) is 3.30. The maximum Gasteiger partial charge on any atom is 0.162 e. The summed E-state index contributed by atoms with van der Waals surface area (Å²) < 4.78 is 7.17. The molecule has 2 rings (SSSR count). The Kier molecular flexibility index (Phi) is 3.17. The van der Waals surface area contributed by atoms with Gasteiger partial charge < -0.3 is 9.84 Å². The molecule has 1 fully saturated rings. The lowest BCUT2D eigenvalue weighted by Gasteiger charge is -2.16. The quantitative estimate of drug-likeness (QED) is 0.856. The summed E-state index contributed by atoms with van der Waals surface area (Å²) in [5.74, 6) is 1.03. The maximum atomic E-state index is 10.5. The maximum absolute atomic E-state index is 10.5. The molecule has 4 heteroatoms. The molecular formula is C13H22N2O2. The fourth-order valence-corrected chi connectivity index (χ4v) is 2.46. The Hall–Kier alpha value is -1.03. The lowest BCUT2D eigenvalue weighted by atomic mass is 10.0. The summed E-state index contributed by atoms with van der Waals surface area (Å²) in [6.45, 7) is 7.30. The van der Waals surface area contributed by atoms with Crippen LogP contribution in [0, 0.1) is 11.3 Å². The van der Waals surface area contributed by atoms with Crippen LogP contribution in [0.25, 0.3) is 0 Å². The molecule has 0 aromatic carbocycles. The first-order valence-electron chi connectivity index (χ1n) is 6.29. The number of hydrogen-bond acceptors (Lipinski definition) is 3. The van der Waals surface area contributed by atoms with Crippen LogP contribution in [-0.4, -0.2) is 22.0 Å². The van der Waals surface area contributed by atoms with Gasteiger partial charge in [0.15, 0.2) is 5.75 Å². The molecule has 2 unspecified atom stereocenters. The number of aliphatic hydroxyl groups excluding tert-OH is 1. The third-order valence-corrected chi connectivity index (χ3v) is 3.75. The van der Waals surface area contributed by atoms with Gasteiger partial charge in [-0.25, -0.2) is 0 Å². The van der Waals surface area contributed by atoms with E-state index in [1.165, 1.54) is 0 Å². The van der Waals surface area contributed by atoms with Crippen LogP contribution in [0.1, 0.15) is 45.4 Å². The van der Waals surface area contributed by atoms with Crippen LogP contribution >= 0.6 is 0 Å². The molecule has 0 bridgehead atoms. The second kappa shape index (κ2) is 4.33. The second-order valence-corrected chi connectivity index (χ2v) is 5.57. The highest BCUT2D eigenvalue weighted by molar-refractivity contribution is 5.29. The minimum atomic E-state index is -0.464. The van der Waals surface area contributed by atoms with Crippen molar-refractivity contribution in [3.8, 4) is 5.75 Å². The molecule has 0 aliphatic heterocycles. The molecule has 1 aliphatic carbocycles. The zero-order chi connectivity index (χ0) is 12.6. The van der Waals surface area contributed by atoms with E-state index in [1.54, 1.807) is 13.3 Å². The Labute approximate surface area is 103 Å². The van der Waals surface area contributed by atoms with Crippen molar-refractivity contribution < 1.29 is 9.84 Å². The van der Waals surface area contributed by atoms with Crippen molar-refractivity contribution >= 4 is 0 Å². The van der Waals surface area contributed by atoms with Crippen LogP contribution < -0.4 is 4.74 Å². The van der Waals surface area contributed by atoms with Crippen LogP contribution in [-0.2, 0) is 6.54 Å². The first-order valence-corrected chi connectivity index (χ1v) is 6.29. The average Bonchev–Trinajstić information content (AvgIpc) is 2.74. The van der Waals surface area contributed by atoms with E-state index in [9.17, 15) is 5.11 Å². The zero-order valence-corrected chi connectivity index (χ0v) is 11.1. The van der Waals surface area contributed by atoms with E-state index in [0.29, 0.717) is 11.7 Å². The van der Waals surface area contributed by atoms with Gasteiger partial charge in [0.05, 0.1) is 13.3 Å². The molecule has 1 heterocycles. The van der Waals surface area contributed by atoms with E-state index in [-0.39, 0.29) is 5.41 Å². The molecule has 0 spiro atoms. The normalized spacial score (nSPS) is 23.5. The zero-order valence-electron chi connectivity index (χ0n) is 11.1. The molecule has 1 aliphatic rings. The van der Waals surface area contributed by atoms with Crippen LogP contribution in [0.15, 0.2) is 6.20 Å². The summed E-state index contributed by atoms with van der Waals surface area (Å²) >= 11 is 0. The van der Waals surface area contributed by atoms with E-state index < -0.39 is 6.10 Å². The summed E-state index contributed by atoms with van der Waals surface area (Å²) in [5, 5.41) is 14.8. The summed E-state index contributed by atoms with van der Waals surface area (Å²) in [5.41, 5.74) is 1.08. The first-order chi connectivity index (χ1) is 8.01. The molecule has 96 valence electrons. The van der Waals surface area contributed by atoms with Crippen molar-refractivity contribution in [2.75, 3.05) is 7.11 Å². The number of aromatic nitrogens is 2. The predicted molar refractivity (Wildman–Crippen MR) is 65.9 cm³/mol. The molecule has 1 saturated carbocycles. The number of nitrogens with zero attached hydrogens (tertiary/aromatic N) is 2. The predicted octanol–water partition coefficient (Wildman–Crippen LogP) is 2.38. The van der Waals surface area contributed by atoms with Gasteiger partial charge in [0, 0.05) is 6.54 Å². The molecule has 4 nitrogen and oxygen atoms in total. The third-order valence-electron chi connectivity index (χ3n) is 3.75. The fourth-order valence-electron chi connectivity index (χ4n) is 2.46. The van der Waals surface area contributed by atoms with Crippen LogP contribution in [0.2, 0.25) is 0 Å². The topological polar surface area (TPSA) is 47.3 Å². The Morgan fingerprint density at radius 1 is 1.65 bits per heavy atom. The van der Waals surface area contributed by atoms with E-state index in [4.69, 9.17) is 4.74 Å². The van der Waals surface area contributed by atoms with Gasteiger partial charge in [0.25, 0.3) is 0 Å². The molecule has 0 radical (unpaired) electrons. The third kappa shape index (κ3) is 2.18. The number of methoxy groups -OCH3 is 1. The minimum absolute atomic E-state index is 0.242. The number of hydrogen-bond donors (Lipinski definition) is 1. The molecule has 2 atom stereocenters. The highest BCUT2D eigenvalue weighted by Gasteiger charge is 2.51. The van der Waals surface area contributed by atoms with E-state index >= 15 is 0 Å². The van der Waals surface area contributed by atoms with Crippen molar-refractivity contribution in [1.82, 2.24) is 9.78 Å². The molecule has 17 heavy (non-hydrogen) atoms. The van der Waals surface area contributed by atoms with Crippen LogP contribution in [0.4, 0.5) is 0 Å². The van der Waals surface area contributed by atoms with Gasteiger partial charge >= 0.3 is 0 Å². The second-order valence-electron chi connectivity index (χ2n) is 5.57. The molecule has 0 saturated heterocycles. The van der Waals surface area contributed by atoms with E-state index in [1.807, 2.05) is 4.68 Å². The van der Waals surface area contributed by atoms with Gasteiger partial charge in [-0.15, -0.1) is 0 Å². The van der Waals surface area contributed by atoms with E-state index in [0.717, 1.165) is 25.1 Å². The Balaban J connectivity index is 2.26. The van der Waals surface area contributed by atoms with Crippen LogP contribution in [0.3, 0.4) is 0 Å². The summed E-state index contributed by atoms with van der Waals surface area (Å²) in [6, 6.07) is 0. The number of rotatable bonds is 5. The molecular weight excluding hydrogens is 216 g/mol. The van der Waals surface area contributed by atoms with Gasteiger partial charge in [0.2, 0.25) is 0 Å². The molecule has 1 aromatic rings. The molecule has 0 amide bonds. The standard InChI is InChI=1S/C13H22N2O2/c1-5-6-15-11(10(17-4)8-14-15)12(16)9-7-13(9,2)3/h8-9,12,16H,5-7H2,1-4H3. The van der Waals surface area contributed by atoms with Gasteiger partial charge in [-0.1, -0.05) is 20.8 Å². The minimum Gasteiger partial charge on any atom is -0.493 e. The van der Waals surface area contributed by atoms with Gasteiger partial charge in [-0.05, 0) is 24.2 Å². The van der Waals surface area contributed by atoms with Gasteiger partial charge in [-0.2, -0.15) is 5.10 Å². The SMILES string of the molecule is CCCn1ncc(OC)c1C(O)C1CC1(C)C. The average molecular weight is 238 g/mol. The molecule has 1 N–H and O–H groups in total. The smallest absolute Gasteiger partial charge is 0.162 e. The highest BCUT2D eigenvalue weighted by Crippen LogP contribution is 2.58. The van der Waals surface area contributed by atoms with Crippen LogP contribution in [0.5, 0.6) is 5.75 Å². The Bertz CT molecular complexity index is 398. The van der Waals surface area contributed by atoms with Gasteiger partial charge in [0.1, 0.15) is 11.8 Å². The Morgan fingerprint density at radius 2 is 2.29 bits per heavy atom. The van der Waals surface area contributed by atoms with Crippen molar-refractivity contribution in [3.63, 3.8) is 0 Å². The lowest BCUT2D eigenvalue weighted by molar-refractivity contribution is 0.124. The number of aryl methyl sites for hydroxylation is 1. The summed E-state index contributed by atoms with van der Waals surface area (Å²) in [4.78, 5) is 0. The lowest BCUT2D eigenvalue weighted by Crippen LogP contribution is -2.13. The Morgan fingerprint density at radius 3 is 2.76 bits per heavy atom. The fraction of sp³-hybridized carbons (Fsp3) is 0.769. The number of aliphatic hydroxyl groups is 1. The van der Waals surface area contributed by atoms with Crippen molar-refractivity contribution in [1.29, 1.82) is 0 Å². The first kappa shape index (κ1) is 12.4. The monoisotopic (exact) mass is 238 g/mol. The highest BCUT2D eigenvalue weighted by atomic mass is 16.5. The van der Waals surface area contributed by atoms with Crippen molar-refractivity contribution in [2.24, 2.45) is 11.3 Å². The van der Waals surface area contributed by atoms with Crippen molar-refractivity contribution in [3.05, 3.63) is 11.9 Å².